The maximum absolute atomic E-state index is 13.3. The minimum atomic E-state index is -2.60. The van der Waals surface area contributed by atoms with Gasteiger partial charge < -0.3 is 4.43 Å². The third kappa shape index (κ3) is 4.70. The summed E-state index contributed by atoms with van der Waals surface area (Å²) in [6.07, 6.45) is 0. The molecule has 2 rings (SSSR count). The molecule has 0 atom stereocenters. The number of rotatable bonds is 5. The second-order valence-electron chi connectivity index (χ2n) is 10.4. The summed E-state index contributed by atoms with van der Waals surface area (Å²) in [7, 11) is -4.09. The van der Waals surface area contributed by atoms with Crippen molar-refractivity contribution in [1.29, 1.82) is 0 Å². The molecular weight excluding hydrogens is 400 g/mol. The predicted octanol–water partition coefficient (Wildman–Crippen LogP) is 5.48. The summed E-state index contributed by atoms with van der Waals surface area (Å²) in [4.78, 5) is 13.3. The van der Waals surface area contributed by atoms with Crippen LogP contribution in [0.15, 0.2) is 71.4 Å². The molecule has 4 heteroatoms. The Morgan fingerprint density at radius 2 is 1.20 bits per heavy atom. The molecule has 0 fully saturated rings. The fourth-order valence-electron chi connectivity index (χ4n) is 4.88. The van der Waals surface area contributed by atoms with E-state index >= 15 is 0 Å². The van der Waals surface area contributed by atoms with Gasteiger partial charge in [-0.3, -0.25) is 0 Å². The monoisotopic (exact) mass is 438 g/mol. The van der Waals surface area contributed by atoms with Crippen molar-refractivity contribution in [3.63, 3.8) is 0 Å². The number of benzene rings is 2. The first kappa shape index (κ1) is 24.4. The van der Waals surface area contributed by atoms with E-state index in [4.69, 9.17) is 4.43 Å². The van der Waals surface area contributed by atoms with Crippen LogP contribution in [0.25, 0.3) is 0 Å². The van der Waals surface area contributed by atoms with E-state index in [2.05, 4.69) is 102 Å². The Hall–Kier alpha value is -1.92. The molecule has 0 saturated heterocycles. The standard InChI is InChI=1S/C26H38O2Si2/c1-20(24(27)28-29(8)9)23(25(2,3)4)30(26(5,6)7,21-16-12-10-13-17-21)22-18-14-11-15-19-22/h10-19,29H,1-9H3. The molecule has 0 bridgehead atoms. The van der Waals surface area contributed by atoms with Crippen molar-refractivity contribution < 1.29 is 9.22 Å². The Bertz CT molecular complexity index is 847. The maximum atomic E-state index is 13.3. The number of hydrogen-bond acceptors (Lipinski definition) is 2. The molecule has 0 heterocycles. The largest absolute Gasteiger partial charge is 0.519 e. The van der Waals surface area contributed by atoms with Crippen LogP contribution >= 0.6 is 0 Å². The van der Waals surface area contributed by atoms with Crippen LogP contribution in [-0.2, 0) is 9.22 Å². The third-order valence-electron chi connectivity index (χ3n) is 5.69. The first-order valence-corrected chi connectivity index (χ1v) is 15.7. The molecule has 0 aliphatic rings. The zero-order valence-electron chi connectivity index (χ0n) is 20.2. The van der Waals surface area contributed by atoms with E-state index in [9.17, 15) is 4.79 Å². The molecular formula is C26H38O2Si2. The lowest BCUT2D eigenvalue weighted by molar-refractivity contribution is -0.130. The first-order valence-electron chi connectivity index (χ1n) is 10.9. The quantitative estimate of drug-likeness (QED) is 0.456. The topological polar surface area (TPSA) is 26.3 Å². The van der Waals surface area contributed by atoms with E-state index in [0.29, 0.717) is 0 Å². The maximum Gasteiger partial charge on any atom is 0.319 e. The van der Waals surface area contributed by atoms with E-state index < -0.39 is 17.1 Å². The molecule has 0 aliphatic carbocycles. The van der Waals surface area contributed by atoms with Crippen molar-refractivity contribution in [2.24, 2.45) is 5.41 Å². The van der Waals surface area contributed by atoms with Crippen LogP contribution in [0.4, 0.5) is 0 Å². The van der Waals surface area contributed by atoms with Gasteiger partial charge in [0.2, 0.25) is 9.04 Å². The minimum absolute atomic E-state index is 0.0604. The summed E-state index contributed by atoms with van der Waals surface area (Å²) in [6, 6.07) is 21.7. The Balaban J connectivity index is 3.08. The summed E-state index contributed by atoms with van der Waals surface area (Å²) in [5.41, 5.74) is 0.602. The molecule has 2 aromatic rings. The highest BCUT2D eigenvalue weighted by atomic mass is 28.3. The molecule has 2 aromatic carbocycles. The van der Waals surface area contributed by atoms with Crippen LogP contribution in [0.2, 0.25) is 18.1 Å². The number of carbonyl (C=O) groups excluding carboxylic acids is 1. The van der Waals surface area contributed by atoms with Crippen LogP contribution in [0.3, 0.4) is 0 Å². The van der Waals surface area contributed by atoms with Gasteiger partial charge in [-0.15, -0.1) is 0 Å². The van der Waals surface area contributed by atoms with Gasteiger partial charge in [0.1, 0.15) is 0 Å². The van der Waals surface area contributed by atoms with Gasteiger partial charge >= 0.3 is 5.97 Å². The Labute approximate surface area is 186 Å². The van der Waals surface area contributed by atoms with Crippen molar-refractivity contribution in [3.05, 3.63) is 71.4 Å². The van der Waals surface area contributed by atoms with Gasteiger partial charge in [0.25, 0.3) is 0 Å². The molecule has 30 heavy (non-hydrogen) atoms. The molecule has 0 amide bonds. The Morgan fingerprint density at radius 1 is 0.800 bits per heavy atom. The minimum Gasteiger partial charge on any atom is -0.519 e. The molecule has 0 aliphatic heterocycles. The molecule has 0 spiro atoms. The molecule has 0 saturated carbocycles. The van der Waals surface area contributed by atoms with Crippen molar-refractivity contribution >= 4 is 33.5 Å². The average Bonchev–Trinajstić information content (AvgIpc) is 2.64. The zero-order valence-corrected chi connectivity index (χ0v) is 22.3. The lowest BCUT2D eigenvalue weighted by Crippen LogP contribution is -2.68. The lowest BCUT2D eigenvalue weighted by Gasteiger charge is -2.50. The van der Waals surface area contributed by atoms with Crippen LogP contribution < -0.4 is 10.4 Å². The van der Waals surface area contributed by atoms with E-state index in [1.807, 2.05) is 20.0 Å². The summed E-state index contributed by atoms with van der Waals surface area (Å²) in [5, 5.41) is 3.87. The van der Waals surface area contributed by atoms with Gasteiger partial charge in [0.05, 0.1) is 0 Å². The Morgan fingerprint density at radius 3 is 1.50 bits per heavy atom. The van der Waals surface area contributed by atoms with E-state index in [1.54, 1.807) is 0 Å². The number of carbonyl (C=O) groups is 1. The molecule has 0 radical (unpaired) electrons. The highest BCUT2D eigenvalue weighted by molar-refractivity contribution is 7.09. The number of allylic oxidation sites excluding steroid dienone is 1. The average molecular weight is 439 g/mol. The summed E-state index contributed by atoms with van der Waals surface area (Å²) in [5.74, 6) is -0.144. The zero-order chi connectivity index (χ0) is 22.7. The van der Waals surface area contributed by atoms with E-state index in [1.165, 1.54) is 15.6 Å². The molecule has 2 nitrogen and oxygen atoms in total. The van der Waals surface area contributed by atoms with Crippen molar-refractivity contribution in [2.75, 3.05) is 0 Å². The van der Waals surface area contributed by atoms with Gasteiger partial charge in [0.15, 0.2) is 8.07 Å². The van der Waals surface area contributed by atoms with Gasteiger partial charge in [-0.1, -0.05) is 107 Å². The highest BCUT2D eigenvalue weighted by Gasteiger charge is 2.54. The normalized spacial score (nSPS) is 13.8. The molecule has 0 unspecified atom stereocenters. The van der Waals surface area contributed by atoms with E-state index in [0.717, 1.165) is 5.57 Å². The smallest absolute Gasteiger partial charge is 0.319 e. The number of hydrogen-bond donors (Lipinski definition) is 0. The second kappa shape index (κ2) is 9.07. The second-order valence-corrected chi connectivity index (χ2v) is 17.4. The SMILES string of the molecule is CC(C(=O)O[SiH](C)C)=C(C(C)(C)C)[Si](c1ccccc1)(c1ccccc1)C(C)(C)C. The van der Waals surface area contributed by atoms with Crippen LogP contribution in [-0.4, -0.2) is 23.1 Å². The van der Waals surface area contributed by atoms with E-state index in [-0.39, 0.29) is 16.4 Å². The first-order chi connectivity index (χ1) is 13.8. The fraction of sp³-hybridized carbons (Fsp3) is 0.423. The van der Waals surface area contributed by atoms with Gasteiger partial charge in [-0.05, 0) is 40.8 Å². The van der Waals surface area contributed by atoms with Crippen LogP contribution in [0.1, 0.15) is 48.5 Å². The highest BCUT2D eigenvalue weighted by Crippen LogP contribution is 2.47. The van der Waals surface area contributed by atoms with Crippen LogP contribution in [0.5, 0.6) is 0 Å². The van der Waals surface area contributed by atoms with Crippen molar-refractivity contribution in [2.45, 2.75) is 66.6 Å². The molecule has 0 N–H and O–H groups in total. The van der Waals surface area contributed by atoms with Crippen molar-refractivity contribution in [3.8, 4) is 0 Å². The summed E-state index contributed by atoms with van der Waals surface area (Å²) >= 11 is 0. The Kier molecular flexibility index (Phi) is 7.36. The van der Waals surface area contributed by atoms with Crippen molar-refractivity contribution in [1.82, 2.24) is 0 Å². The summed E-state index contributed by atoms with van der Waals surface area (Å²) < 4.78 is 5.83. The van der Waals surface area contributed by atoms with Gasteiger partial charge in [-0.2, -0.15) is 0 Å². The fourth-order valence-corrected chi connectivity index (χ4v) is 12.1. The van der Waals surface area contributed by atoms with Gasteiger partial charge in [0, 0.05) is 5.57 Å². The van der Waals surface area contributed by atoms with Gasteiger partial charge in [-0.25, -0.2) is 4.79 Å². The predicted molar refractivity (Wildman–Crippen MR) is 135 cm³/mol. The molecule has 162 valence electrons. The molecule has 0 aromatic heterocycles. The van der Waals surface area contributed by atoms with Crippen LogP contribution in [0, 0.1) is 5.41 Å². The third-order valence-corrected chi connectivity index (χ3v) is 12.9. The lowest BCUT2D eigenvalue weighted by atomic mass is 9.93. The summed E-state index contributed by atoms with van der Waals surface area (Å²) in [6.45, 7) is 19.8.